The monoisotopic (exact) mass is 236 g/mol. The summed E-state index contributed by atoms with van der Waals surface area (Å²) in [5.41, 5.74) is 0. The second-order valence-electron chi connectivity index (χ2n) is 4.29. The number of methoxy groups -OCH3 is 1. The minimum absolute atomic E-state index is 0.443. The van der Waals surface area contributed by atoms with Crippen LogP contribution in [0.5, 0.6) is 0 Å². The summed E-state index contributed by atoms with van der Waals surface area (Å²) in [5.74, 6) is 2.47. The summed E-state index contributed by atoms with van der Waals surface area (Å²) in [6.07, 6.45) is 3.79. The average molecular weight is 236 g/mol. The quantitative estimate of drug-likeness (QED) is 0.791. The predicted molar refractivity (Wildman–Crippen MR) is 68.2 cm³/mol. The molecule has 0 aromatic carbocycles. The van der Waals surface area contributed by atoms with Crippen LogP contribution >= 0.6 is 0 Å². The summed E-state index contributed by atoms with van der Waals surface area (Å²) < 4.78 is 5.08. The van der Waals surface area contributed by atoms with Gasteiger partial charge in [-0.25, -0.2) is 9.97 Å². The Kier molecular flexibility index (Phi) is 4.14. The molecule has 5 heteroatoms. The maximum absolute atomic E-state index is 5.08. The molecule has 0 saturated heterocycles. The molecule has 94 valence electrons. The minimum Gasteiger partial charge on any atom is -0.377 e. The fraction of sp³-hybridized carbons (Fsp3) is 0.667. The zero-order valence-corrected chi connectivity index (χ0v) is 10.5. The Labute approximate surface area is 102 Å². The molecule has 1 aliphatic carbocycles. The standard InChI is InChI=1S/C12H20N4O/c1-3-13-10-7-11(14-9-5-4-6-9)16-12(15-10)8-17-2/h7,9H,3-6,8H2,1-2H3,(H2,13,14,15,16). The van der Waals surface area contributed by atoms with Crippen molar-refractivity contribution < 1.29 is 4.74 Å². The number of aromatic nitrogens is 2. The third kappa shape index (κ3) is 3.30. The van der Waals surface area contributed by atoms with Gasteiger partial charge in [0.05, 0.1) is 0 Å². The molecule has 1 aromatic rings. The van der Waals surface area contributed by atoms with Crippen LogP contribution in [0.15, 0.2) is 6.07 Å². The van der Waals surface area contributed by atoms with Crippen LogP contribution in [0.3, 0.4) is 0 Å². The number of anilines is 2. The van der Waals surface area contributed by atoms with E-state index in [1.165, 1.54) is 19.3 Å². The fourth-order valence-electron chi connectivity index (χ4n) is 1.80. The molecule has 1 saturated carbocycles. The highest BCUT2D eigenvalue weighted by atomic mass is 16.5. The van der Waals surface area contributed by atoms with E-state index < -0.39 is 0 Å². The number of nitrogens with zero attached hydrogens (tertiary/aromatic N) is 2. The Morgan fingerprint density at radius 3 is 2.71 bits per heavy atom. The second kappa shape index (κ2) is 5.82. The van der Waals surface area contributed by atoms with E-state index in [2.05, 4.69) is 27.5 Å². The van der Waals surface area contributed by atoms with E-state index in [4.69, 9.17) is 4.74 Å². The molecule has 0 atom stereocenters. The van der Waals surface area contributed by atoms with Gasteiger partial charge in [-0.3, -0.25) is 0 Å². The largest absolute Gasteiger partial charge is 0.377 e. The fourth-order valence-corrected chi connectivity index (χ4v) is 1.80. The normalized spacial score (nSPS) is 15.4. The molecular formula is C12H20N4O. The second-order valence-corrected chi connectivity index (χ2v) is 4.29. The molecule has 1 aromatic heterocycles. The van der Waals surface area contributed by atoms with Crippen molar-refractivity contribution in [1.29, 1.82) is 0 Å². The summed E-state index contributed by atoms with van der Waals surface area (Å²) in [6.45, 7) is 3.35. The molecule has 1 fully saturated rings. The summed E-state index contributed by atoms with van der Waals surface area (Å²) in [5, 5.41) is 6.64. The van der Waals surface area contributed by atoms with Gasteiger partial charge in [-0.1, -0.05) is 0 Å². The third-order valence-corrected chi connectivity index (χ3v) is 2.86. The minimum atomic E-state index is 0.443. The predicted octanol–water partition coefficient (Wildman–Crippen LogP) is 2.02. The maximum atomic E-state index is 5.08. The highest BCUT2D eigenvalue weighted by Gasteiger charge is 2.17. The van der Waals surface area contributed by atoms with Crippen LogP contribution in [0.1, 0.15) is 32.0 Å². The molecule has 0 amide bonds. The number of rotatable bonds is 6. The van der Waals surface area contributed by atoms with E-state index in [1.807, 2.05) is 6.07 Å². The smallest absolute Gasteiger partial charge is 0.158 e. The van der Waals surface area contributed by atoms with Gasteiger partial charge >= 0.3 is 0 Å². The van der Waals surface area contributed by atoms with Crippen LogP contribution in [0.2, 0.25) is 0 Å². The average Bonchev–Trinajstić information content (AvgIpc) is 2.24. The van der Waals surface area contributed by atoms with Crippen LogP contribution in [-0.4, -0.2) is 29.7 Å². The Bertz CT molecular complexity index is 341. The van der Waals surface area contributed by atoms with Gasteiger partial charge < -0.3 is 15.4 Å². The van der Waals surface area contributed by atoms with E-state index in [-0.39, 0.29) is 0 Å². The summed E-state index contributed by atoms with van der Waals surface area (Å²) in [4.78, 5) is 8.82. The number of nitrogens with one attached hydrogen (secondary N) is 2. The number of hydrogen-bond acceptors (Lipinski definition) is 5. The zero-order valence-electron chi connectivity index (χ0n) is 10.5. The van der Waals surface area contributed by atoms with Crippen molar-refractivity contribution in [2.75, 3.05) is 24.3 Å². The lowest BCUT2D eigenvalue weighted by Gasteiger charge is -2.27. The first-order valence-electron chi connectivity index (χ1n) is 6.19. The summed E-state index contributed by atoms with van der Waals surface area (Å²) in [7, 11) is 1.66. The van der Waals surface area contributed by atoms with E-state index >= 15 is 0 Å². The van der Waals surface area contributed by atoms with Gasteiger partial charge in [-0.15, -0.1) is 0 Å². The van der Waals surface area contributed by atoms with Gasteiger partial charge in [0.25, 0.3) is 0 Å². The van der Waals surface area contributed by atoms with Gasteiger partial charge in [-0.05, 0) is 26.2 Å². The number of hydrogen-bond donors (Lipinski definition) is 2. The van der Waals surface area contributed by atoms with Gasteiger partial charge in [0.1, 0.15) is 18.2 Å². The molecule has 2 N–H and O–H groups in total. The van der Waals surface area contributed by atoms with Gasteiger partial charge in [0, 0.05) is 25.8 Å². The van der Waals surface area contributed by atoms with E-state index in [0.29, 0.717) is 18.5 Å². The highest BCUT2D eigenvalue weighted by molar-refractivity contribution is 5.48. The van der Waals surface area contributed by atoms with E-state index in [1.54, 1.807) is 7.11 Å². The first-order chi connectivity index (χ1) is 8.31. The topological polar surface area (TPSA) is 59.1 Å². The van der Waals surface area contributed by atoms with Crippen LogP contribution in [0.25, 0.3) is 0 Å². The first kappa shape index (κ1) is 12.1. The maximum Gasteiger partial charge on any atom is 0.158 e. The van der Waals surface area contributed by atoms with Gasteiger partial charge in [-0.2, -0.15) is 0 Å². The zero-order chi connectivity index (χ0) is 12.1. The summed E-state index contributed by atoms with van der Waals surface area (Å²) in [6, 6.07) is 2.54. The molecule has 1 heterocycles. The van der Waals surface area contributed by atoms with Crippen molar-refractivity contribution in [2.45, 2.75) is 38.8 Å². The van der Waals surface area contributed by atoms with Gasteiger partial charge in [0.2, 0.25) is 0 Å². The Balaban J connectivity index is 2.10. The highest BCUT2D eigenvalue weighted by Crippen LogP contribution is 2.23. The lowest BCUT2D eigenvalue weighted by atomic mass is 9.93. The Morgan fingerprint density at radius 2 is 2.12 bits per heavy atom. The lowest BCUT2D eigenvalue weighted by Crippen LogP contribution is -2.27. The molecule has 0 unspecified atom stereocenters. The van der Waals surface area contributed by atoms with Crippen molar-refractivity contribution in [2.24, 2.45) is 0 Å². The van der Waals surface area contributed by atoms with Crippen molar-refractivity contribution in [1.82, 2.24) is 9.97 Å². The van der Waals surface area contributed by atoms with Crippen molar-refractivity contribution >= 4 is 11.6 Å². The molecular weight excluding hydrogens is 216 g/mol. The van der Waals surface area contributed by atoms with Gasteiger partial charge in [0.15, 0.2) is 5.82 Å². The van der Waals surface area contributed by atoms with Crippen molar-refractivity contribution in [3.8, 4) is 0 Å². The van der Waals surface area contributed by atoms with Crippen LogP contribution in [-0.2, 0) is 11.3 Å². The Morgan fingerprint density at radius 1 is 1.35 bits per heavy atom. The molecule has 2 rings (SSSR count). The van der Waals surface area contributed by atoms with Crippen molar-refractivity contribution in [3.63, 3.8) is 0 Å². The molecule has 17 heavy (non-hydrogen) atoms. The SMILES string of the molecule is CCNc1cc(NC2CCC2)nc(COC)n1. The van der Waals surface area contributed by atoms with Crippen LogP contribution < -0.4 is 10.6 Å². The van der Waals surface area contributed by atoms with Crippen molar-refractivity contribution in [3.05, 3.63) is 11.9 Å². The van der Waals surface area contributed by atoms with Crippen LogP contribution in [0, 0.1) is 0 Å². The lowest BCUT2D eigenvalue weighted by molar-refractivity contribution is 0.178. The molecule has 0 bridgehead atoms. The summed E-state index contributed by atoms with van der Waals surface area (Å²) >= 11 is 0. The Hall–Kier alpha value is -1.36. The molecule has 0 spiro atoms. The van der Waals surface area contributed by atoms with E-state index in [0.717, 1.165) is 18.2 Å². The molecule has 5 nitrogen and oxygen atoms in total. The molecule has 1 aliphatic rings. The molecule has 0 radical (unpaired) electrons. The molecule has 0 aliphatic heterocycles. The van der Waals surface area contributed by atoms with E-state index in [9.17, 15) is 0 Å². The first-order valence-corrected chi connectivity index (χ1v) is 6.19. The number of ether oxygens (including phenoxy) is 1. The third-order valence-electron chi connectivity index (χ3n) is 2.86. The van der Waals surface area contributed by atoms with Crippen LogP contribution in [0.4, 0.5) is 11.6 Å².